The zero-order chi connectivity index (χ0) is 32.6. The Morgan fingerprint density at radius 2 is 1.78 bits per heavy atom. The molecule has 1 saturated heterocycles. The molecule has 1 aromatic heterocycles. The maximum absolute atomic E-state index is 15.0. The third-order valence-corrected chi connectivity index (χ3v) is 8.70. The summed E-state index contributed by atoms with van der Waals surface area (Å²) in [5.74, 6) is -1.22. The maximum atomic E-state index is 15.0. The van der Waals surface area contributed by atoms with Crippen molar-refractivity contribution < 1.29 is 27.4 Å². The van der Waals surface area contributed by atoms with Crippen LogP contribution in [0.2, 0.25) is 5.02 Å². The van der Waals surface area contributed by atoms with E-state index in [4.69, 9.17) is 26.1 Å². The lowest BCUT2D eigenvalue weighted by Gasteiger charge is -2.29. The van der Waals surface area contributed by atoms with E-state index in [0.717, 1.165) is 41.5 Å². The van der Waals surface area contributed by atoms with Gasteiger partial charge in [-0.2, -0.15) is 0 Å². The summed E-state index contributed by atoms with van der Waals surface area (Å²) < 4.78 is 57.5. The molecule has 0 unspecified atom stereocenters. The molecule has 0 amide bonds. The second-order valence-corrected chi connectivity index (χ2v) is 13.4. The lowest BCUT2D eigenvalue weighted by Crippen LogP contribution is -2.33. The van der Waals surface area contributed by atoms with Crippen molar-refractivity contribution in [2.24, 2.45) is 0 Å². The Morgan fingerprint density at radius 1 is 1.02 bits per heavy atom. The summed E-state index contributed by atoms with van der Waals surface area (Å²) in [5.41, 5.74) is 3.45. The Kier molecular flexibility index (Phi) is 9.28. The highest BCUT2D eigenvalue weighted by Crippen LogP contribution is 2.30. The highest BCUT2D eigenvalue weighted by Gasteiger charge is 2.25. The summed E-state index contributed by atoms with van der Waals surface area (Å²) >= 11 is 5.85. The van der Waals surface area contributed by atoms with Crippen molar-refractivity contribution in [2.75, 3.05) is 19.7 Å². The number of hydrogen-bond donors (Lipinski definition) is 0. The van der Waals surface area contributed by atoms with Crippen molar-refractivity contribution in [2.45, 2.75) is 71.2 Å². The number of rotatable bonds is 9. The number of aryl methyl sites for hydroxylation is 2. The standard InChI is InChI=1S/C36H37ClF3N3O3/c1-36(2,3)46-35(44)25-7-9-32-33(17-25)43(20-27-12-15-45-27)34(41-32)21-42-13-10-22(11-14-42)28-16-24(30(39)19-31(28)40)5-4-23-6-8-26(37)18-29(23)38/h6-10,16-19,27H,4-5,11-15,20-21H2,1-3H3/t27-/m0/s1. The molecule has 0 aliphatic carbocycles. The predicted molar refractivity (Wildman–Crippen MR) is 172 cm³/mol. The van der Waals surface area contributed by atoms with Crippen molar-refractivity contribution in [3.05, 3.63) is 105 Å². The first-order valence-corrected chi connectivity index (χ1v) is 16.0. The van der Waals surface area contributed by atoms with E-state index in [1.165, 1.54) is 6.07 Å². The van der Waals surface area contributed by atoms with E-state index < -0.39 is 23.1 Å². The summed E-state index contributed by atoms with van der Waals surface area (Å²) in [4.78, 5) is 20.0. The lowest BCUT2D eigenvalue weighted by atomic mass is 9.94. The fourth-order valence-electron chi connectivity index (χ4n) is 5.92. The maximum Gasteiger partial charge on any atom is 0.338 e. The Hall–Kier alpha value is -3.66. The predicted octanol–water partition coefficient (Wildman–Crippen LogP) is 7.93. The van der Waals surface area contributed by atoms with Crippen LogP contribution in [-0.4, -0.2) is 51.8 Å². The molecule has 0 spiro atoms. The number of imidazole rings is 1. The monoisotopic (exact) mass is 651 g/mol. The van der Waals surface area contributed by atoms with E-state index in [2.05, 4.69) is 9.47 Å². The van der Waals surface area contributed by atoms with Crippen molar-refractivity contribution >= 4 is 34.2 Å². The molecule has 1 atom stereocenters. The molecular weight excluding hydrogens is 615 g/mol. The number of fused-ring (bicyclic) bond motifs is 1. The molecule has 10 heteroatoms. The second-order valence-electron chi connectivity index (χ2n) is 13.0. The van der Waals surface area contributed by atoms with Gasteiger partial charge in [-0.05, 0) is 99.6 Å². The van der Waals surface area contributed by atoms with Gasteiger partial charge in [0.2, 0.25) is 0 Å². The molecule has 0 N–H and O–H groups in total. The van der Waals surface area contributed by atoms with Gasteiger partial charge in [0.05, 0.1) is 35.8 Å². The van der Waals surface area contributed by atoms with E-state index in [9.17, 15) is 13.6 Å². The highest BCUT2D eigenvalue weighted by molar-refractivity contribution is 6.30. The fourth-order valence-corrected chi connectivity index (χ4v) is 6.08. The quantitative estimate of drug-likeness (QED) is 0.172. The zero-order valence-corrected chi connectivity index (χ0v) is 27.0. The van der Waals surface area contributed by atoms with E-state index in [0.29, 0.717) is 59.9 Å². The first-order chi connectivity index (χ1) is 21.9. The minimum atomic E-state index is -0.641. The van der Waals surface area contributed by atoms with Crippen molar-refractivity contribution in [1.82, 2.24) is 14.5 Å². The van der Waals surface area contributed by atoms with Gasteiger partial charge in [0.1, 0.15) is 28.9 Å². The van der Waals surface area contributed by atoms with E-state index in [1.54, 1.807) is 24.3 Å². The number of hydrogen-bond acceptors (Lipinski definition) is 5. The average Bonchev–Trinajstić information content (AvgIpc) is 3.30. The molecule has 0 radical (unpaired) electrons. The topological polar surface area (TPSA) is 56.6 Å². The van der Waals surface area contributed by atoms with Crippen LogP contribution in [0.1, 0.15) is 66.5 Å². The van der Waals surface area contributed by atoms with Crippen LogP contribution in [0, 0.1) is 17.5 Å². The molecule has 1 fully saturated rings. The van der Waals surface area contributed by atoms with Crippen LogP contribution in [0.3, 0.4) is 0 Å². The number of benzene rings is 3. The third kappa shape index (κ3) is 7.32. The minimum Gasteiger partial charge on any atom is -0.456 e. The molecule has 2 aliphatic rings. The molecular formula is C36H37ClF3N3O3. The average molecular weight is 652 g/mol. The van der Waals surface area contributed by atoms with Gasteiger partial charge in [-0.3, -0.25) is 4.90 Å². The second kappa shape index (κ2) is 13.2. The largest absolute Gasteiger partial charge is 0.456 e. The Bertz CT molecular complexity index is 1810. The number of nitrogens with zero attached hydrogens (tertiary/aromatic N) is 3. The molecule has 3 heterocycles. The molecule has 0 bridgehead atoms. The lowest BCUT2D eigenvalue weighted by molar-refractivity contribution is -0.0591. The summed E-state index contributed by atoms with van der Waals surface area (Å²) in [7, 11) is 0. The van der Waals surface area contributed by atoms with Crippen molar-refractivity contribution in [3.8, 4) is 0 Å². The first-order valence-electron chi connectivity index (χ1n) is 15.6. The van der Waals surface area contributed by atoms with Gasteiger partial charge in [-0.1, -0.05) is 23.7 Å². The number of carbonyl (C=O) groups excluding carboxylic acids is 1. The molecule has 6 nitrogen and oxygen atoms in total. The van der Waals surface area contributed by atoms with Gasteiger partial charge in [-0.25, -0.2) is 22.9 Å². The van der Waals surface area contributed by atoms with Crippen LogP contribution < -0.4 is 0 Å². The highest BCUT2D eigenvalue weighted by atomic mass is 35.5. The first kappa shape index (κ1) is 32.3. The van der Waals surface area contributed by atoms with Crippen LogP contribution in [0.5, 0.6) is 0 Å². The van der Waals surface area contributed by atoms with Crippen LogP contribution in [0.15, 0.2) is 54.6 Å². The smallest absolute Gasteiger partial charge is 0.338 e. The molecule has 242 valence electrons. The van der Waals surface area contributed by atoms with Crippen molar-refractivity contribution in [3.63, 3.8) is 0 Å². The van der Waals surface area contributed by atoms with Gasteiger partial charge >= 0.3 is 5.97 Å². The summed E-state index contributed by atoms with van der Waals surface area (Å²) in [6.45, 7) is 8.64. The summed E-state index contributed by atoms with van der Waals surface area (Å²) in [5, 5.41) is 0.298. The number of aromatic nitrogens is 2. The van der Waals surface area contributed by atoms with Crippen LogP contribution >= 0.6 is 11.6 Å². The fraction of sp³-hybridized carbons (Fsp3) is 0.389. The molecule has 4 aromatic rings. The Labute approximate surface area is 271 Å². The number of ether oxygens (including phenoxy) is 2. The Balaban J connectivity index is 1.19. The zero-order valence-electron chi connectivity index (χ0n) is 26.2. The van der Waals surface area contributed by atoms with E-state index in [-0.39, 0.29) is 24.9 Å². The number of carbonyl (C=O) groups is 1. The van der Waals surface area contributed by atoms with Crippen LogP contribution in [0.4, 0.5) is 13.2 Å². The van der Waals surface area contributed by atoms with Gasteiger partial charge in [0.15, 0.2) is 0 Å². The van der Waals surface area contributed by atoms with Crippen LogP contribution in [0.25, 0.3) is 16.6 Å². The van der Waals surface area contributed by atoms with Crippen LogP contribution in [-0.2, 0) is 35.4 Å². The van der Waals surface area contributed by atoms with Gasteiger partial charge < -0.3 is 14.0 Å². The molecule has 3 aromatic carbocycles. The molecule has 0 saturated carbocycles. The SMILES string of the molecule is CC(C)(C)OC(=O)c1ccc2nc(CN3CC=C(c4cc(CCc5ccc(Cl)cc5F)c(F)cc4F)CC3)n(C[C@@H]3CCO3)c2c1. The van der Waals surface area contributed by atoms with Crippen molar-refractivity contribution in [1.29, 1.82) is 0 Å². The molecule has 2 aliphatic heterocycles. The van der Waals surface area contributed by atoms with Gasteiger partial charge in [0, 0.05) is 36.3 Å². The number of esters is 1. The van der Waals surface area contributed by atoms with E-state index in [1.807, 2.05) is 39.0 Å². The number of halogens is 4. The third-order valence-electron chi connectivity index (χ3n) is 8.46. The van der Waals surface area contributed by atoms with E-state index >= 15 is 4.39 Å². The summed E-state index contributed by atoms with van der Waals surface area (Å²) in [6.07, 6.45) is 4.09. The summed E-state index contributed by atoms with van der Waals surface area (Å²) in [6, 6.07) is 12.3. The minimum absolute atomic E-state index is 0.0843. The van der Waals surface area contributed by atoms with Gasteiger partial charge in [-0.15, -0.1) is 0 Å². The molecule has 46 heavy (non-hydrogen) atoms. The molecule has 6 rings (SSSR count). The Morgan fingerprint density at radius 3 is 2.46 bits per heavy atom. The normalized spacial score (nSPS) is 17.2. The van der Waals surface area contributed by atoms with Gasteiger partial charge in [0.25, 0.3) is 0 Å².